The quantitative estimate of drug-likeness (QED) is 0.287. The summed E-state index contributed by atoms with van der Waals surface area (Å²) in [5.74, 6) is 1.76. The van der Waals surface area contributed by atoms with Crippen LogP contribution in [0.3, 0.4) is 0 Å². The Kier molecular flexibility index (Phi) is 8.91. The minimum absolute atomic E-state index is 0. The highest BCUT2D eigenvalue weighted by molar-refractivity contribution is 14.0. The molecule has 0 saturated carbocycles. The Morgan fingerprint density at radius 2 is 2.00 bits per heavy atom. The fourth-order valence-electron chi connectivity index (χ4n) is 2.80. The van der Waals surface area contributed by atoms with E-state index in [-0.39, 0.29) is 24.0 Å². The Bertz CT molecular complexity index is 874. The van der Waals surface area contributed by atoms with Crippen molar-refractivity contribution in [2.24, 2.45) is 4.99 Å². The molecular weight excluding hydrogens is 483 g/mol. The molecule has 2 heterocycles. The van der Waals surface area contributed by atoms with Gasteiger partial charge in [-0.05, 0) is 12.0 Å². The Hall–Kier alpha value is -1.94. The molecule has 8 heteroatoms. The Morgan fingerprint density at radius 3 is 2.68 bits per heavy atom. The summed E-state index contributed by atoms with van der Waals surface area (Å²) in [7, 11) is 3.81. The first-order chi connectivity index (χ1) is 13.2. The molecule has 0 unspecified atom stereocenters. The molecule has 3 aromatic rings. The Morgan fingerprint density at radius 1 is 1.21 bits per heavy atom. The van der Waals surface area contributed by atoms with Gasteiger partial charge in [0.05, 0.1) is 23.4 Å². The molecule has 0 radical (unpaired) electrons. The lowest BCUT2D eigenvalue weighted by molar-refractivity contribution is 0.464. The van der Waals surface area contributed by atoms with Crippen molar-refractivity contribution in [3.05, 3.63) is 58.4 Å². The number of nitrogens with one attached hydrogen (secondary N) is 2. The topological polar surface area (TPSA) is 69.2 Å². The van der Waals surface area contributed by atoms with E-state index in [1.54, 1.807) is 18.4 Å². The largest absolute Gasteiger partial charge is 0.356 e. The first-order valence-corrected chi connectivity index (χ1v) is 9.96. The molecule has 0 spiro atoms. The van der Waals surface area contributed by atoms with Crippen molar-refractivity contribution in [1.29, 1.82) is 0 Å². The van der Waals surface area contributed by atoms with Gasteiger partial charge in [0.25, 0.3) is 0 Å². The van der Waals surface area contributed by atoms with Crippen LogP contribution < -0.4 is 5.32 Å². The first-order valence-electron chi connectivity index (χ1n) is 9.14. The summed E-state index contributed by atoms with van der Waals surface area (Å²) < 4.78 is 0. The number of imidazole rings is 1. The van der Waals surface area contributed by atoms with Crippen molar-refractivity contribution < 1.29 is 0 Å². The van der Waals surface area contributed by atoms with Crippen LogP contribution in [-0.4, -0.2) is 46.5 Å². The van der Waals surface area contributed by atoms with Crippen LogP contribution in [0.4, 0.5) is 0 Å². The summed E-state index contributed by atoms with van der Waals surface area (Å²) in [5, 5.41) is 4.57. The van der Waals surface area contributed by atoms with Gasteiger partial charge in [0, 0.05) is 38.1 Å². The van der Waals surface area contributed by atoms with E-state index in [9.17, 15) is 0 Å². The van der Waals surface area contributed by atoms with Crippen molar-refractivity contribution in [1.82, 2.24) is 25.2 Å². The average Bonchev–Trinajstić information content (AvgIpc) is 3.35. The van der Waals surface area contributed by atoms with Crippen LogP contribution in [0.15, 0.2) is 47.7 Å². The lowest BCUT2D eigenvalue weighted by Crippen LogP contribution is -2.39. The number of H-pyrrole nitrogens is 1. The average molecular weight is 510 g/mol. The minimum atomic E-state index is 0. The monoisotopic (exact) mass is 510 g/mol. The number of hydrogen-bond donors (Lipinski definition) is 2. The molecule has 6 nitrogen and oxygen atoms in total. The number of hydrogen-bond acceptors (Lipinski definition) is 4. The molecular formula is C20H27IN6S. The summed E-state index contributed by atoms with van der Waals surface area (Å²) in [5.41, 5.74) is 2.16. The van der Waals surface area contributed by atoms with Gasteiger partial charge in [-0.1, -0.05) is 37.3 Å². The van der Waals surface area contributed by atoms with Gasteiger partial charge in [-0.2, -0.15) is 0 Å². The van der Waals surface area contributed by atoms with Gasteiger partial charge in [-0.25, -0.2) is 9.97 Å². The van der Waals surface area contributed by atoms with Crippen LogP contribution >= 0.6 is 35.3 Å². The van der Waals surface area contributed by atoms with E-state index in [0.29, 0.717) is 6.54 Å². The second-order valence-corrected chi connectivity index (χ2v) is 7.46. The maximum atomic E-state index is 4.50. The lowest BCUT2D eigenvalue weighted by atomic mass is 10.2. The highest BCUT2D eigenvalue weighted by Gasteiger charge is 2.10. The van der Waals surface area contributed by atoms with Gasteiger partial charge in [-0.15, -0.1) is 35.3 Å². The summed E-state index contributed by atoms with van der Waals surface area (Å²) >= 11 is 1.78. The number of thiazole rings is 1. The molecule has 0 fully saturated rings. The van der Waals surface area contributed by atoms with Gasteiger partial charge in [0.1, 0.15) is 5.82 Å². The maximum Gasteiger partial charge on any atom is 0.193 e. The molecule has 0 bridgehead atoms. The van der Waals surface area contributed by atoms with Crippen molar-refractivity contribution in [3.63, 3.8) is 0 Å². The number of benzene rings is 1. The highest BCUT2D eigenvalue weighted by atomic mass is 127. The smallest absolute Gasteiger partial charge is 0.193 e. The second kappa shape index (κ2) is 11.2. The lowest BCUT2D eigenvalue weighted by Gasteiger charge is -2.20. The molecule has 28 heavy (non-hydrogen) atoms. The Balaban J connectivity index is 0.00000280. The SMILES string of the molecule is CCc1cnc(CCNC(=NC)N(C)Cc2ncc(-c3ccccc3)[nH]2)s1.I. The standard InChI is InChI=1S/C20H26N6S.HI/c1-4-16-12-24-19(27-16)10-11-22-20(21-2)26(3)14-18-23-13-17(25-18)15-8-6-5-7-9-15;/h5-9,12-13H,4,10-11,14H2,1-3H3,(H,21,22)(H,23,25);1H. The zero-order valence-electron chi connectivity index (χ0n) is 16.5. The van der Waals surface area contributed by atoms with Crippen LogP contribution in [0.5, 0.6) is 0 Å². The third kappa shape index (κ3) is 6.03. The van der Waals surface area contributed by atoms with Crippen LogP contribution in [0.2, 0.25) is 0 Å². The maximum absolute atomic E-state index is 4.50. The van der Waals surface area contributed by atoms with Crippen molar-refractivity contribution >= 4 is 41.3 Å². The zero-order chi connectivity index (χ0) is 19.1. The normalized spacial score (nSPS) is 11.2. The predicted molar refractivity (Wildman–Crippen MR) is 127 cm³/mol. The first kappa shape index (κ1) is 22.4. The molecule has 0 aliphatic heterocycles. The highest BCUT2D eigenvalue weighted by Crippen LogP contribution is 2.16. The Labute approximate surface area is 187 Å². The van der Waals surface area contributed by atoms with Crippen LogP contribution in [-0.2, 0) is 19.4 Å². The summed E-state index contributed by atoms with van der Waals surface area (Å²) in [6.45, 7) is 3.62. The molecule has 2 N–H and O–H groups in total. The number of aromatic nitrogens is 3. The van der Waals surface area contributed by atoms with Gasteiger partial charge < -0.3 is 15.2 Å². The number of rotatable bonds is 7. The van der Waals surface area contributed by atoms with Gasteiger partial charge >= 0.3 is 0 Å². The molecule has 0 atom stereocenters. The number of aromatic amines is 1. The zero-order valence-corrected chi connectivity index (χ0v) is 19.6. The van der Waals surface area contributed by atoms with E-state index in [1.165, 1.54) is 4.88 Å². The summed E-state index contributed by atoms with van der Waals surface area (Å²) in [6.07, 6.45) is 5.80. The predicted octanol–water partition coefficient (Wildman–Crippen LogP) is 3.96. The summed E-state index contributed by atoms with van der Waals surface area (Å²) in [4.78, 5) is 20.1. The van der Waals surface area contributed by atoms with E-state index in [1.807, 2.05) is 37.6 Å². The number of halogens is 1. The number of guanidine groups is 1. The van der Waals surface area contributed by atoms with Crippen LogP contribution in [0.1, 0.15) is 22.6 Å². The van der Waals surface area contributed by atoms with E-state index >= 15 is 0 Å². The van der Waals surface area contributed by atoms with Crippen molar-refractivity contribution in [2.45, 2.75) is 26.3 Å². The van der Waals surface area contributed by atoms with Gasteiger partial charge in [0.2, 0.25) is 0 Å². The third-order valence-electron chi connectivity index (χ3n) is 4.25. The second-order valence-electron chi connectivity index (χ2n) is 6.26. The van der Waals surface area contributed by atoms with E-state index < -0.39 is 0 Å². The van der Waals surface area contributed by atoms with Gasteiger partial charge in [0.15, 0.2) is 5.96 Å². The number of aryl methyl sites for hydroxylation is 1. The minimum Gasteiger partial charge on any atom is -0.356 e. The van der Waals surface area contributed by atoms with Crippen molar-refractivity contribution in [3.8, 4) is 11.3 Å². The van der Waals surface area contributed by atoms with Crippen molar-refractivity contribution in [2.75, 3.05) is 20.6 Å². The molecule has 0 aliphatic rings. The molecule has 150 valence electrons. The van der Waals surface area contributed by atoms with E-state index in [4.69, 9.17) is 0 Å². The molecule has 3 rings (SSSR count). The van der Waals surface area contributed by atoms with Crippen LogP contribution in [0.25, 0.3) is 11.3 Å². The molecule has 0 aliphatic carbocycles. The molecule has 1 aromatic carbocycles. The number of nitrogens with zero attached hydrogens (tertiary/aromatic N) is 4. The fraction of sp³-hybridized carbons (Fsp3) is 0.350. The molecule has 0 saturated heterocycles. The summed E-state index contributed by atoms with van der Waals surface area (Å²) in [6, 6.07) is 10.2. The molecule has 2 aromatic heterocycles. The van der Waals surface area contributed by atoms with Crippen LogP contribution in [0, 0.1) is 0 Å². The third-order valence-corrected chi connectivity index (χ3v) is 5.45. The van der Waals surface area contributed by atoms with E-state index in [2.05, 4.69) is 49.2 Å². The van der Waals surface area contributed by atoms with E-state index in [0.717, 1.165) is 47.4 Å². The molecule has 0 amide bonds. The number of aliphatic imine (C=N–C) groups is 1. The van der Waals surface area contributed by atoms with Gasteiger partial charge in [-0.3, -0.25) is 4.99 Å². The fourth-order valence-corrected chi connectivity index (χ4v) is 3.66.